The van der Waals surface area contributed by atoms with Crippen LogP contribution in [0.25, 0.3) is 0 Å². The van der Waals surface area contributed by atoms with Crippen LogP contribution in [0.4, 0.5) is 23.7 Å². The van der Waals surface area contributed by atoms with E-state index in [0.29, 0.717) is 12.3 Å². The van der Waals surface area contributed by atoms with Crippen molar-refractivity contribution in [1.82, 2.24) is 4.90 Å². The van der Waals surface area contributed by atoms with Crippen LogP contribution in [0.15, 0.2) is 23.2 Å². The maximum Gasteiger partial charge on any atom is 0.416 e. The molecule has 1 N–H and O–H groups in total. The molecule has 2 rings (SSSR count). The quantitative estimate of drug-likeness (QED) is 0.802. The van der Waals surface area contributed by atoms with E-state index in [1.54, 1.807) is 0 Å². The average molecular weight is 362 g/mol. The first kappa shape index (κ1) is 18.6. The smallest absolute Gasteiger partial charge is 0.360 e. The normalized spacial score (nSPS) is 16.7. The Morgan fingerprint density at radius 3 is 2.83 bits per heavy atom. The van der Waals surface area contributed by atoms with Crippen LogP contribution < -0.4 is 5.32 Å². The first-order valence-electron chi connectivity index (χ1n) is 7.81. The number of hydrogen-bond acceptors (Lipinski definition) is 1. The number of hydrogen-bond donors (Lipinski definition) is 1. The Balaban J connectivity index is 2.10. The molecule has 0 bridgehead atoms. The molecule has 1 heterocycles. The van der Waals surface area contributed by atoms with E-state index >= 15 is 0 Å². The highest BCUT2D eigenvalue weighted by atomic mass is 35.5. The predicted octanol–water partition coefficient (Wildman–Crippen LogP) is 5.19. The zero-order chi connectivity index (χ0) is 17.7. The second kappa shape index (κ2) is 7.88. The molecular formula is C16H19ClF3N3O. The van der Waals surface area contributed by atoms with Gasteiger partial charge in [-0.1, -0.05) is 24.9 Å². The third-order valence-corrected chi connectivity index (χ3v) is 4.07. The maximum absolute atomic E-state index is 12.7. The summed E-state index contributed by atoms with van der Waals surface area (Å²) in [5, 5.41) is 2.37. The number of unbranched alkanes of at least 4 members (excludes halogenated alkanes) is 1. The lowest BCUT2D eigenvalue weighted by Crippen LogP contribution is -2.27. The van der Waals surface area contributed by atoms with E-state index in [-0.39, 0.29) is 10.7 Å². The summed E-state index contributed by atoms with van der Waals surface area (Å²) >= 11 is 5.86. The highest BCUT2D eigenvalue weighted by Crippen LogP contribution is 2.33. The minimum absolute atomic E-state index is 0.0332. The number of carbonyl (C=O) groups excluding carboxylic acids is 1. The molecule has 1 aromatic carbocycles. The number of carbonyl (C=O) groups is 1. The van der Waals surface area contributed by atoms with Crippen LogP contribution in [0.3, 0.4) is 0 Å². The van der Waals surface area contributed by atoms with E-state index in [1.807, 2.05) is 4.90 Å². The van der Waals surface area contributed by atoms with Crippen LogP contribution in [0, 0.1) is 0 Å². The lowest BCUT2D eigenvalue weighted by molar-refractivity contribution is -0.137. The summed E-state index contributed by atoms with van der Waals surface area (Å²) in [5.41, 5.74) is -0.973. The summed E-state index contributed by atoms with van der Waals surface area (Å²) in [6.07, 6.45) is -0.859. The topological polar surface area (TPSA) is 44.7 Å². The van der Waals surface area contributed by atoms with Gasteiger partial charge in [0.2, 0.25) is 0 Å². The van der Waals surface area contributed by atoms with Crippen molar-refractivity contribution < 1.29 is 18.0 Å². The number of nitrogens with zero attached hydrogens (tertiary/aromatic N) is 2. The Morgan fingerprint density at radius 1 is 1.42 bits per heavy atom. The van der Waals surface area contributed by atoms with Crippen LogP contribution in [0.2, 0.25) is 5.02 Å². The number of benzene rings is 1. The molecular weight excluding hydrogens is 343 g/mol. The van der Waals surface area contributed by atoms with E-state index < -0.39 is 17.8 Å². The fourth-order valence-corrected chi connectivity index (χ4v) is 2.65. The van der Waals surface area contributed by atoms with Crippen molar-refractivity contribution >= 4 is 29.2 Å². The number of amidine groups is 1. The molecule has 0 atom stereocenters. The van der Waals surface area contributed by atoms with Crippen molar-refractivity contribution in [3.8, 4) is 0 Å². The summed E-state index contributed by atoms with van der Waals surface area (Å²) in [7, 11) is 0. The van der Waals surface area contributed by atoms with Crippen LogP contribution >= 0.6 is 11.6 Å². The molecule has 1 aliphatic heterocycles. The minimum Gasteiger partial charge on any atom is -0.360 e. The second-order valence-corrected chi connectivity index (χ2v) is 6.00. The van der Waals surface area contributed by atoms with E-state index in [4.69, 9.17) is 11.6 Å². The highest BCUT2D eigenvalue weighted by molar-refractivity contribution is 6.33. The summed E-state index contributed by atoms with van der Waals surface area (Å²) in [6, 6.07) is 2.07. The van der Waals surface area contributed by atoms with Gasteiger partial charge in [0.1, 0.15) is 5.84 Å². The summed E-state index contributed by atoms with van der Waals surface area (Å²) < 4.78 is 38.2. The summed E-state index contributed by atoms with van der Waals surface area (Å²) in [5.74, 6) is 0.670. The molecule has 0 saturated carbocycles. The van der Waals surface area contributed by atoms with E-state index in [2.05, 4.69) is 17.2 Å². The van der Waals surface area contributed by atoms with Crippen molar-refractivity contribution in [3.63, 3.8) is 0 Å². The van der Waals surface area contributed by atoms with Gasteiger partial charge in [0.15, 0.2) is 0 Å². The van der Waals surface area contributed by atoms with Crippen LogP contribution in [0.5, 0.6) is 0 Å². The summed E-state index contributed by atoms with van der Waals surface area (Å²) in [4.78, 5) is 18.1. The van der Waals surface area contributed by atoms with Gasteiger partial charge in [-0.25, -0.2) is 4.79 Å². The van der Waals surface area contributed by atoms with Gasteiger partial charge in [-0.3, -0.25) is 0 Å². The van der Waals surface area contributed by atoms with Gasteiger partial charge in [0.05, 0.1) is 16.3 Å². The van der Waals surface area contributed by atoms with Gasteiger partial charge < -0.3 is 10.2 Å². The number of nitrogens with one attached hydrogen (secondary N) is 1. The molecule has 24 heavy (non-hydrogen) atoms. The van der Waals surface area contributed by atoms with Crippen molar-refractivity contribution in [2.24, 2.45) is 4.99 Å². The minimum atomic E-state index is -4.50. The number of urea groups is 1. The first-order valence-corrected chi connectivity index (χ1v) is 8.19. The second-order valence-electron chi connectivity index (χ2n) is 5.59. The number of rotatable bonds is 4. The Hall–Kier alpha value is -1.76. The molecule has 1 aromatic rings. The van der Waals surface area contributed by atoms with Crippen molar-refractivity contribution in [1.29, 1.82) is 0 Å². The molecule has 8 heteroatoms. The van der Waals surface area contributed by atoms with E-state index in [1.165, 1.54) is 0 Å². The van der Waals surface area contributed by atoms with Crippen LogP contribution in [-0.2, 0) is 6.18 Å². The van der Waals surface area contributed by atoms with E-state index in [0.717, 1.165) is 50.6 Å². The molecule has 4 nitrogen and oxygen atoms in total. The molecule has 2 amide bonds. The van der Waals surface area contributed by atoms with Gasteiger partial charge in [-0.2, -0.15) is 18.2 Å². The number of alkyl halides is 3. The lowest BCUT2D eigenvalue weighted by Gasteiger charge is -2.18. The van der Waals surface area contributed by atoms with Gasteiger partial charge in [-0.05, 0) is 31.0 Å². The number of aliphatic imine (C=N–C) groups is 1. The predicted molar refractivity (Wildman–Crippen MR) is 88.6 cm³/mol. The molecule has 1 fully saturated rings. The van der Waals surface area contributed by atoms with Gasteiger partial charge in [0.25, 0.3) is 0 Å². The van der Waals surface area contributed by atoms with Crippen LogP contribution in [-0.4, -0.2) is 29.9 Å². The molecule has 0 aliphatic carbocycles. The zero-order valence-electron chi connectivity index (χ0n) is 13.3. The molecule has 0 unspecified atom stereocenters. The molecule has 1 aliphatic rings. The third-order valence-electron chi connectivity index (χ3n) is 3.74. The number of halogens is 4. The number of anilines is 1. The standard InChI is InChI=1S/C16H19ClF3N3O/c1-2-3-8-23-9-4-5-14(23)22-15(24)21-13-10-11(16(18,19)20)6-7-12(13)17/h6-7,10H,2-5,8-9H2,1H3,(H,21,24)/b22-14-. The first-order chi connectivity index (χ1) is 11.3. The molecule has 0 aromatic heterocycles. The molecule has 1 saturated heterocycles. The Bertz CT molecular complexity index is 631. The SMILES string of the molecule is CCCCN1CCC/C1=N/C(=O)Nc1cc(C(F)(F)F)ccc1Cl. The molecule has 0 radical (unpaired) electrons. The third kappa shape index (κ3) is 4.87. The van der Waals surface area contributed by atoms with Gasteiger partial charge in [0, 0.05) is 19.5 Å². The van der Waals surface area contributed by atoms with E-state index in [9.17, 15) is 18.0 Å². The Morgan fingerprint density at radius 2 is 2.17 bits per heavy atom. The fraction of sp³-hybridized carbons (Fsp3) is 0.500. The Kier molecular flexibility index (Phi) is 6.10. The van der Waals surface area contributed by atoms with Crippen LogP contribution in [0.1, 0.15) is 38.2 Å². The molecule has 0 spiro atoms. The monoisotopic (exact) mass is 361 g/mol. The molecule has 132 valence electrons. The Labute approximate surface area is 143 Å². The van der Waals surface area contributed by atoms with Gasteiger partial charge in [-0.15, -0.1) is 0 Å². The maximum atomic E-state index is 12.7. The van der Waals surface area contributed by atoms with Crippen molar-refractivity contribution in [3.05, 3.63) is 28.8 Å². The van der Waals surface area contributed by atoms with Crippen molar-refractivity contribution in [2.75, 3.05) is 18.4 Å². The number of likely N-dealkylation sites (tertiary alicyclic amines) is 1. The van der Waals surface area contributed by atoms with Gasteiger partial charge >= 0.3 is 12.2 Å². The van der Waals surface area contributed by atoms with Crippen molar-refractivity contribution in [2.45, 2.75) is 38.8 Å². The fourth-order valence-electron chi connectivity index (χ4n) is 2.49. The average Bonchev–Trinajstić information content (AvgIpc) is 2.93. The largest absolute Gasteiger partial charge is 0.416 e. The zero-order valence-corrected chi connectivity index (χ0v) is 14.0. The highest BCUT2D eigenvalue weighted by Gasteiger charge is 2.31. The number of amides is 2. The lowest BCUT2D eigenvalue weighted by atomic mass is 10.2. The summed E-state index contributed by atoms with van der Waals surface area (Å²) in [6.45, 7) is 3.75.